The number of amides is 3. The average molecular weight is 564 g/mol. The molecule has 1 heterocycles. The van der Waals surface area contributed by atoms with Crippen molar-refractivity contribution >= 4 is 23.4 Å². The predicted molar refractivity (Wildman–Crippen MR) is 163 cm³/mol. The fraction of sp³-hybridized carbons (Fsp3) is 0.636. The number of carbonyl (C=O) groups is 3. The number of rotatable bonds is 17. The van der Waals surface area contributed by atoms with Gasteiger partial charge in [0.25, 0.3) is 17.7 Å². The topological polar surface area (TPSA) is 106 Å². The summed E-state index contributed by atoms with van der Waals surface area (Å²) in [5, 5.41) is 18.0. The van der Waals surface area contributed by atoms with E-state index in [0.717, 1.165) is 56.5 Å². The van der Waals surface area contributed by atoms with E-state index in [1.165, 1.54) is 12.8 Å². The molecule has 41 heavy (non-hydrogen) atoms. The Labute approximate surface area is 246 Å². The summed E-state index contributed by atoms with van der Waals surface area (Å²) in [4.78, 5) is 42.4. The minimum Gasteiger partial charge on any atom is -0.338 e. The summed E-state index contributed by atoms with van der Waals surface area (Å²) in [6, 6.07) is 7.89. The van der Waals surface area contributed by atoms with Crippen molar-refractivity contribution in [3.05, 3.63) is 41.0 Å². The van der Waals surface area contributed by atoms with E-state index in [2.05, 4.69) is 42.8 Å². The van der Waals surface area contributed by atoms with Crippen molar-refractivity contribution in [3.63, 3.8) is 0 Å². The van der Waals surface area contributed by atoms with Gasteiger partial charge in [0.15, 0.2) is 6.04 Å². The SMILES string of the molecule is CCCCC(CC)CN(CC(CC)CCCC)C(=O)c1ccc(/N=N/C2C(=O)N(CCC)C(=O)C(C#N)=C2C)cc1. The van der Waals surface area contributed by atoms with Crippen molar-refractivity contribution in [3.8, 4) is 6.07 Å². The molecule has 8 nitrogen and oxygen atoms in total. The lowest BCUT2D eigenvalue weighted by atomic mass is 9.95. The Morgan fingerprint density at radius 1 is 0.951 bits per heavy atom. The zero-order chi connectivity index (χ0) is 30.4. The van der Waals surface area contributed by atoms with Gasteiger partial charge in [-0.1, -0.05) is 73.1 Å². The number of unbranched alkanes of at least 4 members (excludes halogenated alkanes) is 2. The van der Waals surface area contributed by atoms with E-state index in [-0.39, 0.29) is 18.0 Å². The van der Waals surface area contributed by atoms with Gasteiger partial charge in [-0.3, -0.25) is 19.3 Å². The van der Waals surface area contributed by atoms with Crippen LogP contribution in [0.3, 0.4) is 0 Å². The van der Waals surface area contributed by atoms with Crippen LogP contribution in [0.25, 0.3) is 0 Å². The number of nitriles is 1. The maximum absolute atomic E-state index is 13.7. The van der Waals surface area contributed by atoms with E-state index >= 15 is 0 Å². The lowest BCUT2D eigenvalue weighted by Gasteiger charge is -2.31. The summed E-state index contributed by atoms with van der Waals surface area (Å²) in [7, 11) is 0. The molecule has 0 radical (unpaired) electrons. The van der Waals surface area contributed by atoms with Crippen LogP contribution in [0.2, 0.25) is 0 Å². The van der Waals surface area contributed by atoms with E-state index in [0.29, 0.717) is 35.1 Å². The summed E-state index contributed by atoms with van der Waals surface area (Å²) >= 11 is 0. The second kappa shape index (κ2) is 17.5. The Kier molecular flexibility index (Phi) is 14.4. The van der Waals surface area contributed by atoms with Crippen molar-refractivity contribution in [2.45, 2.75) is 105 Å². The summed E-state index contributed by atoms with van der Waals surface area (Å²) in [5.74, 6) is -0.0424. The first-order valence-electron chi connectivity index (χ1n) is 15.5. The number of nitrogens with zero attached hydrogens (tertiary/aromatic N) is 5. The molecule has 1 aliphatic heterocycles. The average Bonchev–Trinajstić information content (AvgIpc) is 2.98. The Morgan fingerprint density at radius 3 is 1.98 bits per heavy atom. The number of imide groups is 1. The van der Waals surface area contributed by atoms with Crippen molar-refractivity contribution in [1.82, 2.24) is 9.80 Å². The molecule has 0 saturated heterocycles. The number of carbonyl (C=O) groups excluding carboxylic acids is 3. The van der Waals surface area contributed by atoms with E-state index in [1.807, 2.05) is 13.0 Å². The molecule has 0 fully saturated rings. The molecule has 224 valence electrons. The first-order valence-corrected chi connectivity index (χ1v) is 15.5. The maximum Gasteiger partial charge on any atom is 0.271 e. The Bertz CT molecular complexity index is 1100. The zero-order valence-corrected chi connectivity index (χ0v) is 26.0. The summed E-state index contributed by atoms with van der Waals surface area (Å²) in [6.45, 7) is 14.0. The molecular weight excluding hydrogens is 514 g/mol. The van der Waals surface area contributed by atoms with Gasteiger partial charge in [-0.2, -0.15) is 15.5 Å². The molecule has 3 amide bonds. The van der Waals surface area contributed by atoms with Crippen LogP contribution < -0.4 is 0 Å². The van der Waals surface area contributed by atoms with Crippen LogP contribution in [0, 0.1) is 23.2 Å². The van der Waals surface area contributed by atoms with Crippen molar-refractivity contribution in [2.24, 2.45) is 22.1 Å². The van der Waals surface area contributed by atoms with Gasteiger partial charge in [-0.25, -0.2) is 0 Å². The van der Waals surface area contributed by atoms with Gasteiger partial charge >= 0.3 is 0 Å². The fourth-order valence-electron chi connectivity index (χ4n) is 5.26. The maximum atomic E-state index is 13.7. The van der Waals surface area contributed by atoms with Crippen LogP contribution in [0.5, 0.6) is 0 Å². The van der Waals surface area contributed by atoms with Crippen LogP contribution in [-0.4, -0.2) is 53.2 Å². The van der Waals surface area contributed by atoms with Gasteiger partial charge < -0.3 is 4.90 Å². The lowest BCUT2D eigenvalue weighted by Crippen LogP contribution is -2.48. The molecule has 0 aliphatic carbocycles. The van der Waals surface area contributed by atoms with Gasteiger partial charge in [0.2, 0.25) is 0 Å². The molecule has 8 heteroatoms. The minimum atomic E-state index is -1.02. The van der Waals surface area contributed by atoms with Crippen LogP contribution in [-0.2, 0) is 9.59 Å². The molecule has 1 aliphatic rings. The first kappa shape index (κ1) is 33.9. The van der Waals surface area contributed by atoms with Crippen LogP contribution in [0.1, 0.15) is 110 Å². The van der Waals surface area contributed by atoms with E-state index in [1.54, 1.807) is 31.2 Å². The first-order chi connectivity index (χ1) is 19.8. The quantitative estimate of drug-likeness (QED) is 0.143. The van der Waals surface area contributed by atoms with Crippen molar-refractivity contribution < 1.29 is 14.4 Å². The van der Waals surface area contributed by atoms with E-state index in [4.69, 9.17) is 0 Å². The van der Waals surface area contributed by atoms with Crippen LogP contribution >= 0.6 is 0 Å². The molecule has 0 N–H and O–H groups in total. The molecule has 2 rings (SSSR count). The third kappa shape index (κ3) is 9.34. The largest absolute Gasteiger partial charge is 0.338 e. The zero-order valence-electron chi connectivity index (χ0n) is 26.0. The molecule has 3 unspecified atom stereocenters. The second-order valence-corrected chi connectivity index (χ2v) is 11.2. The third-order valence-electron chi connectivity index (χ3n) is 8.06. The monoisotopic (exact) mass is 563 g/mol. The Hall–Kier alpha value is -3.34. The van der Waals surface area contributed by atoms with Crippen molar-refractivity contribution in [2.75, 3.05) is 19.6 Å². The van der Waals surface area contributed by atoms with E-state index < -0.39 is 17.9 Å². The molecule has 0 bridgehead atoms. The van der Waals surface area contributed by atoms with Gasteiger partial charge in [-0.15, -0.1) is 0 Å². The highest BCUT2D eigenvalue weighted by molar-refractivity contribution is 6.12. The highest BCUT2D eigenvalue weighted by Gasteiger charge is 2.39. The van der Waals surface area contributed by atoms with Crippen LogP contribution in [0.4, 0.5) is 5.69 Å². The van der Waals surface area contributed by atoms with Gasteiger partial charge in [-0.05, 0) is 67.9 Å². The third-order valence-corrected chi connectivity index (χ3v) is 8.06. The van der Waals surface area contributed by atoms with E-state index in [9.17, 15) is 19.6 Å². The van der Waals surface area contributed by atoms with Gasteiger partial charge in [0, 0.05) is 25.2 Å². The van der Waals surface area contributed by atoms with Crippen molar-refractivity contribution in [1.29, 1.82) is 5.26 Å². The standard InChI is InChI=1S/C33H49N5O3/c1-7-12-14-25(10-4)22-37(23-26(11-5)15-13-8-2)31(39)27-16-18-28(19-17-27)35-36-30-24(6)29(21-34)32(40)38(20-9-3)33(30)41/h16-19,25-26,30H,7-15,20,22-23H2,1-6H3/b36-35+. The summed E-state index contributed by atoms with van der Waals surface area (Å²) in [5.41, 5.74) is 1.35. The van der Waals surface area contributed by atoms with Gasteiger partial charge in [0.05, 0.1) is 5.69 Å². The second-order valence-electron chi connectivity index (χ2n) is 11.2. The molecule has 1 aromatic rings. The lowest BCUT2D eigenvalue weighted by molar-refractivity contribution is -0.143. The molecule has 0 spiro atoms. The highest BCUT2D eigenvalue weighted by atomic mass is 16.2. The normalized spacial score (nSPS) is 17.2. The Morgan fingerprint density at radius 2 is 1.51 bits per heavy atom. The predicted octanol–water partition coefficient (Wildman–Crippen LogP) is 7.63. The fourth-order valence-corrected chi connectivity index (χ4v) is 5.26. The molecule has 0 saturated carbocycles. The molecule has 1 aromatic carbocycles. The highest BCUT2D eigenvalue weighted by Crippen LogP contribution is 2.26. The number of hydrogen-bond acceptors (Lipinski definition) is 6. The summed E-state index contributed by atoms with van der Waals surface area (Å²) in [6.07, 6.45) is 9.60. The Balaban J connectivity index is 2.27. The molecule has 0 aromatic heterocycles. The number of azo groups is 1. The number of hydrogen-bond donors (Lipinski definition) is 0. The summed E-state index contributed by atoms with van der Waals surface area (Å²) < 4.78 is 0. The molecular formula is C33H49N5O3. The van der Waals surface area contributed by atoms with Gasteiger partial charge in [0.1, 0.15) is 11.6 Å². The minimum absolute atomic E-state index is 0.0343. The smallest absolute Gasteiger partial charge is 0.271 e. The van der Waals surface area contributed by atoms with Crippen LogP contribution in [0.15, 0.2) is 45.6 Å². The number of benzene rings is 1. The molecule has 3 atom stereocenters.